The van der Waals surface area contributed by atoms with Crippen LogP contribution in [0, 0.1) is 16.7 Å². The molecule has 0 unspecified atom stereocenters. The van der Waals surface area contributed by atoms with E-state index >= 15 is 0 Å². The third kappa shape index (κ3) is 0.908. The van der Waals surface area contributed by atoms with Crippen LogP contribution in [0.4, 0.5) is 0 Å². The molecule has 0 aromatic carbocycles. The maximum absolute atomic E-state index is 8.31. The molecule has 0 aliphatic carbocycles. The molecule has 0 aliphatic rings. The Morgan fingerprint density at radius 1 is 1.88 bits per heavy atom. The Balaban J connectivity index is 3.15. The molecule has 39 valence electrons. The molecule has 0 N–H and O–H groups in total. The van der Waals surface area contributed by atoms with Crippen molar-refractivity contribution in [1.82, 2.24) is 0 Å². The quantitative estimate of drug-likeness (QED) is 0.610. The lowest BCUT2D eigenvalue weighted by atomic mass is 10.4. The Labute approximate surface area is 59.7 Å². The first-order chi connectivity index (χ1) is 3.84. The second kappa shape index (κ2) is 2.29. The summed E-state index contributed by atoms with van der Waals surface area (Å²) < 4.78 is 0.861. The van der Waals surface area contributed by atoms with Gasteiger partial charge in [0.2, 0.25) is 0 Å². The van der Waals surface area contributed by atoms with Crippen LogP contribution < -0.4 is 0 Å². The van der Waals surface area contributed by atoms with Gasteiger partial charge in [-0.3, -0.25) is 0 Å². The van der Waals surface area contributed by atoms with Crippen molar-refractivity contribution in [2.24, 2.45) is 0 Å². The number of thiophene rings is 1. The minimum atomic E-state index is 0.662. The molecule has 0 saturated carbocycles. The van der Waals surface area contributed by atoms with Gasteiger partial charge in [0.15, 0.2) is 0 Å². The van der Waals surface area contributed by atoms with Gasteiger partial charge in [-0.15, -0.1) is 11.3 Å². The molecule has 0 spiro atoms. The van der Waals surface area contributed by atoms with Gasteiger partial charge in [-0.05, 0) is 22.0 Å². The standard InChI is InChI=1S/C5HBrNS/c6-5-4(3-7)1-2-8-5/h1H. The monoisotopic (exact) mass is 186 g/mol. The van der Waals surface area contributed by atoms with Crippen LogP contribution in [0.25, 0.3) is 0 Å². The normalized spacial score (nSPS) is 8.50. The first kappa shape index (κ1) is 5.80. The van der Waals surface area contributed by atoms with Gasteiger partial charge < -0.3 is 0 Å². The molecule has 0 atom stereocenters. The van der Waals surface area contributed by atoms with Gasteiger partial charge in [0.05, 0.1) is 9.35 Å². The highest BCUT2D eigenvalue weighted by Gasteiger charge is 1.95. The summed E-state index contributed by atoms with van der Waals surface area (Å²) in [6, 6.07) is 3.67. The van der Waals surface area contributed by atoms with Crippen molar-refractivity contribution in [2.45, 2.75) is 0 Å². The molecule has 0 amide bonds. The lowest BCUT2D eigenvalue weighted by Crippen LogP contribution is -1.60. The lowest BCUT2D eigenvalue weighted by Gasteiger charge is -1.74. The fraction of sp³-hybridized carbons (Fsp3) is 0. The molecule has 1 aromatic rings. The van der Waals surface area contributed by atoms with Gasteiger partial charge >= 0.3 is 0 Å². The molecule has 1 radical (unpaired) electrons. The minimum Gasteiger partial charge on any atom is -0.192 e. The van der Waals surface area contributed by atoms with Gasteiger partial charge in [0.1, 0.15) is 6.07 Å². The van der Waals surface area contributed by atoms with E-state index in [1.165, 1.54) is 11.3 Å². The number of hydrogen-bond donors (Lipinski definition) is 0. The number of rotatable bonds is 0. The maximum atomic E-state index is 8.31. The summed E-state index contributed by atoms with van der Waals surface area (Å²) in [5.74, 6) is 0. The molecule has 0 bridgehead atoms. The van der Waals surface area contributed by atoms with Crippen molar-refractivity contribution in [1.29, 1.82) is 5.26 Å². The Morgan fingerprint density at radius 3 is 2.88 bits per heavy atom. The van der Waals surface area contributed by atoms with Crippen molar-refractivity contribution >= 4 is 27.3 Å². The smallest absolute Gasteiger partial charge is 0.101 e. The summed E-state index contributed by atoms with van der Waals surface area (Å²) in [6.07, 6.45) is 0. The fourth-order valence-corrected chi connectivity index (χ4v) is 1.31. The molecule has 1 nitrogen and oxygen atoms in total. The van der Waals surface area contributed by atoms with E-state index < -0.39 is 0 Å². The summed E-state index contributed by atoms with van der Waals surface area (Å²) in [6.45, 7) is 0. The van der Waals surface area contributed by atoms with Crippen LogP contribution in [0.15, 0.2) is 9.85 Å². The molecule has 0 aliphatic heterocycles. The highest BCUT2D eigenvalue weighted by Crippen LogP contribution is 2.21. The zero-order chi connectivity index (χ0) is 5.98. The zero-order valence-corrected chi connectivity index (χ0v) is 6.21. The average Bonchev–Trinajstić information content (AvgIpc) is 2.14. The summed E-state index contributed by atoms with van der Waals surface area (Å²) in [7, 11) is 0. The van der Waals surface area contributed by atoms with Crippen LogP contribution in [0.3, 0.4) is 0 Å². The van der Waals surface area contributed by atoms with Crippen LogP contribution in [0.5, 0.6) is 0 Å². The van der Waals surface area contributed by atoms with Gasteiger partial charge in [0.25, 0.3) is 0 Å². The molecule has 1 heterocycles. The lowest BCUT2D eigenvalue weighted by molar-refractivity contribution is 1.50. The SMILES string of the molecule is N#Cc1c[c]sc1Br. The summed E-state index contributed by atoms with van der Waals surface area (Å²) in [4.78, 5) is 0. The highest BCUT2D eigenvalue weighted by molar-refractivity contribution is 9.11. The molecular weight excluding hydrogens is 186 g/mol. The maximum Gasteiger partial charge on any atom is 0.101 e. The minimum absolute atomic E-state index is 0.662. The Bertz CT molecular complexity index is 223. The van der Waals surface area contributed by atoms with Crippen LogP contribution >= 0.6 is 27.3 Å². The van der Waals surface area contributed by atoms with Crippen molar-refractivity contribution in [3.8, 4) is 6.07 Å². The number of nitrogens with zero attached hydrogens (tertiary/aromatic N) is 1. The highest BCUT2D eigenvalue weighted by atomic mass is 79.9. The van der Waals surface area contributed by atoms with E-state index in [1.807, 2.05) is 6.07 Å². The van der Waals surface area contributed by atoms with Crippen LogP contribution in [0.1, 0.15) is 5.56 Å². The topological polar surface area (TPSA) is 23.8 Å². The second-order valence-electron chi connectivity index (χ2n) is 1.16. The van der Waals surface area contributed by atoms with Crippen molar-refractivity contribution in [3.05, 3.63) is 20.8 Å². The predicted molar refractivity (Wildman–Crippen MR) is 35.6 cm³/mol. The Morgan fingerprint density at radius 2 is 2.62 bits per heavy atom. The van der Waals surface area contributed by atoms with Crippen LogP contribution in [0.2, 0.25) is 0 Å². The van der Waals surface area contributed by atoms with E-state index in [0.29, 0.717) is 5.56 Å². The van der Waals surface area contributed by atoms with Crippen LogP contribution in [-0.4, -0.2) is 0 Å². The second-order valence-corrected chi connectivity index (χ2v) is 3.33. The fourth-order valence-electron chi connectivity index (χ4n) is 0.328. The average molecular weight is 187 g/mol. The van der Waals surface area contributed by atoms with Gasteiger partial charge in [-0.1, -0.05) is 0 Å². The van der Waals surface area contributed by atoms with E-state index in [9.17, 15) is 0 Å². The molecule has 0 saturated heterocycles. The molecule has 0 fully saturated rings. The van der Waals surface area contributed by atoms with E-state index in [-0.39, 0.29) is 0 Å². The first-order valence-corrected chi connectivity index (χ1v) is 3.51. The van der Waals surface area contributed by atoms with Crippen LogP contribution in [-0.2, 0) is 0 Å². The summed E-state index contributed by atoms with van der Waals surface area (Å²) in [5.41, 5.74) is 0.662. The largest absolute Gasteiger partial charge is 0.192 e. The molecular formula is C5HBrNS. The van der Waals surface area contributed by atoms with Crippen molar-refractivity contribution in [2.75, 3.05) is 0 Å². The number of hydrogen-bond acceptors (Lipinski definition) is 2. The Hall–Kier alpha value is -0.330. The number of halogens is 1. The summed E-state index contributed by atoms with van der Waals surface area (Å²) in [5, 5.41) is 11.1. The molecule has 8 heavy (non-hydrogen) atoms. The van der Waals surface area contributed by atoms with Gasteiger partial charge in [-0.2, -0.15) is 5.26 Å². The van der Waals surface area contributed by atoms with E-state index in [4.69, 9.17) is 5.26 Å². The molecule has 1 rings (SSSR count). The third-order valence-corrected chi connectivity index (χ3v) is 2.23. The molecule has 3 heteroatoms. The van der Waals surface area contributed by atoms with E-state index in [0.717, 1.165) is 3.79 Å². The first-order valence-electron chi connectivity index (χ1n) is 1.90. The van der Waals surface area contributed by atoms with Crippen molar-refractivity contribution in [3.63, 3.8) is 0 Å². The third-order valence-electron chi connectivity index (χ3n) is 0.684. The van der Waals surface area contributed by atoms with E-state index in [1.54, 1.807) is 6.07 Å². The predicted octanol–water partition coefficient (Wildman–Crippen LogP) is 2.18. The van der Waals surface area contributed by atoms with E-state index in [2.05, 4.69) is 21.3 Å². The Kier molecular flexibility index (Phi) is 1.66. The zero-order valence-electron chi connectivity index (χ0n) is 3.81. The number of nitriles is 1. The van der Waals surface area contributed by atoms with Gasteiger partial charge in [-0.25, -0.2) is 0 Å². The molecule has 1 aromatic heterocycles. The van der Waals surface area contributed by atoms with Crippen molar-refractivity contribution < 1.29 is 0 Å². The summed E-state index contributed by atoms with van der Waals surface area (Å²) >= 11 is 4.59. The van der Waals surface area contributed by atoms with Gasteiger partial charge in [0, 0.05) is 5.38 Å².